The Kier molecular flexibility index (Phi) is 7.19. The number of halogens is 3. The van der Waals surface area contributed by atoms with Gasteiger partial charge < -0.3 is 25.4 Å². The van der Waals surface area contributed by atoms with Crippen molar-refractivity contribution in [2.75, 3.05) is 28.6 Å². The van der Waals surface area contributed by atoms with E-state index in [9.17, 15) is 23.9 Å². The molecular formula is C24H21ClF2N6O3. The van der Waals surface area contributed by atoms with E-state index in [2.05, 4.69) is 25.3 Å². The van der Waals surface area contributed by atoms with Crippen LogP contribution in [-0.2, 0) is 0 Å². The number of β-amino-alcohol motifs (C(OH)–C–C–N with tert-alkyl or cyclic N) is 1. The van der Waals surface area contributed by atoms with Crippen molar-refractivity contribution in [3.63, 3.8) is 0 Å². The van der Waals surface area contributed by atoms with Crippen molar-refractivity contribution in [3.05, 3.63) is 65.6 Å². The number of hydrogen-bond donors (Lipinski definition) is 3. The van der Waals surface area contributed by atoms with Crippen LogP contribution in [0.3, 0.4) is 0 Å². The topological polar surface area (TPSA) is 123 Å². The number of rotatable bonds is 7. The monoisotopic (exact) mass is 514 g/mol. The summed E-state index contributed by atoms with van der Waals surface area (Å²) in [5.74, 6) is -0.160. The standard InChI is InChI=1S/C24H21ClF2N6O3/c1-14-2-7-19(21(11-28)30-14)32-20-10-15(12-29-22(20)33-9-8-17(34)13-33)23(35)31-16-3-5-18(6-4-16)36-24(25,26)27/h2-7,10,12,17,32,34H,8-9,13H2,1H3,(H,31,35). The van der Waals surface area contributed by atoms with Gasteiger partial charge in [0.25, 0.3) is 5.91 Å². The molecule has 0 saturated carbocycles. The summed E-state index contributed by atoms with van der Waals surface area (Å²) in [6.45, 7) is 2.72. The van der Waals surface area contributed by atoms with Crippen LogP contribution in [0.2, 0.25) is 0 Å². The molecule has 0 bridgehead atoms. The summed E-state index contributed by atoms with van der Waals surface area (Å²) in [7, 11) is 0. The molecule has 12 heteroatoms. The highest BCUT2D eigenvalue weighted by Gasteiger charge is 2.28. The van der Waals surface area contributed by atoms with Gasteiger partial charge in [-0.3, -0.25) is 4.79 Å². The largest absolute Gasteiger partial charge is 0.487 e. The van der Waals surface area contributed by atoms with Crippen molar-refractivity contribution in [3.8, 4) is 11.8 Å². The van der Waals surface area contributed by atoms with E-state index >= 15 is 0 Å². The van der Waals surface area contributed by atoms with Crippen LogP contribution in [0.1, 0.15) is 28.2 Å². The first-order chi connectivity index (χ1) is 17.1. The number of hydrogen-bond acceptors (Lipinski definition) is 8. The van der Waals surface area contributed by atoms with Gasteiger partial charge in [0.1, 0.15) is 11.8 Å². The average molecular weight is 515 g/mol. The quantitative estimate of drug-likeness (QED) is 0.397. The molecule has 3 aromatic rings. The van der Waals surface area contributed by atoms with Crippen LogP contribution in [0.25, 0.3) is 0 Å². The Morgan fingerprint density at radius 1 is 1.28 bits per heavy atom. The van der Waals surface area contributed by atoms with E-state index in [-0.39, 0.29) is 17.0 Å². The summed E-state index contributed by atoms with van der Waals surface area (Å²) in [5.41, 5.74) is -1.56. The van der Waals surface area contributed by atoms with Gasteiger partial charge in [-0.25, -0.2) is 9.97 Å². The molecule has 4 rings (SSSR count). The number of benzene rings is 1. The zero-order valence-electron chi connectivity index (χ0n) is 19.0. The van der Waals surface area contributed by atoms with Gasteiger partial charge in [0.2, 0.25) is 0 Å². The molecule has 1 fully saturated rings. The highest BCUT2D eigenvalue weighted by molar-refractivity contribution is 6.20. The maximum Gasteiger partial charge on any atom is 0.487 e. The van der Waals surface area contributed by atoms with Crippen molar-refractivity contribution in [2.24, 2.45) is 0 Å². The molecule has 1 unspecified atom stereocenters. The summed E-state index contributed by atoms with van der Waals surface area (Å²) in [6, 6.07) is 12.4. The van der Waals surface area contributed by atoms with Crippen LogP contribution >= 0.6 is 11.6 Å². The van der Waals surface area contributed by atoms with E-state index < -0.39 is 17.6 Å². The van der Waals surface area contributed by atoms with Crippen molar-refractivity contribution in [1.29, 1.82) is 5.26 Å². The third kappa shape index (κ3) is 6.16. The van der Waals surface area contributed by atoms with Gasteiger partial charge in [0, 0.05) is 42.3 Å². The summed E-state index contributed by atoms with van der Waals surface area (Å²) >= 11 is 4.76. The van der Waals surface area contributed by atoms with E-state index in [4.69, 9.17) is 11.6 Å². The number of nitriles is 1. The third-order valence-electron chi connectivity index (χ3n) is 5.35. The number of ether oxygens (including phenoxy) is 1. The van der Waals surface area contributed by atoms with Crippen LogP contribution in [0, 0.1) is 18.3 Å². The fourth-order valence-electron chi connectivity index (χ4n) is 3.69. The van der Waals surface area contributed by atoms with Crippen molar-refractivity contribution in [1.82, 2.24) is 9.97 Å². The predicted octanol–water partition coefficient (Wildman–Crippen LogP) is 4.39. The first kappa shape index (κ1) is 25.1. The van der Waals surface area contributed by atoms with Crippen molar-refractivity contribution < 1.29 is 23.4 Å². The number of aliphatic hydroxyl groups is 1. The van der Waals surface area contributed by atoms with Gasteiger partial charge in [0.15, 0.2) is 11.5 Å². The van der Waals surface area contributed by atoms with E-state index in [1.165, 1.54) is 30.5 Å². The molecule has 1 aliphatic rings. The second kappa shape index (κ2) is 10.3. The molecule has 2 aromatic heterocycles. The smallest absolute Gasteiger partial charge is 0.420 e. The Balaban J connectivity index is 1.60. The Morgan fingerprint density at radius 3 is 2.67 bits per heavy atom. The zero-order chi connectivity index (χ0) is 25.9. The molecule has 9 nitrogen and oxygen atoms in total. The highest BCUT2D eigenvalue weighted by Crippen LogP contribution is 2.32. The maximum atomic E-state index is 12.9. The third-order valence-corrected chi connectivity index (χ3v) is 5.42. The lowest BCUT2D eigenvalue weighted by atomic mass is 10.2. The summed E-state index contributed by atoms with van der Waals surface area (Å²) in [6.07, 6.45) is 1.47. The van der Waals surface area contributed by atoms with Gasteiger partial charge in [-0.2, -0.15) is 5.26 Å². The SMILES string of the molecule is Cc1ccc(Nc2cc(C(=O)Nc3ccc(OC(F)(F)Cl)cc3)cnc2N2CCC(O)C2)c(C#N)n1. The van der Waals surface area contributed by atoms with Crippen LogP contribution in [0.5, 0.6) is 5.75 Å². The second-order valence-corrected chi connectivity index (χ2v) is 8.54. The first-order valence-electron chi connectivity index (χ1n) is 10.9. The molecule has 1 aromatic carbocycles. The van der Waals surface area contributed by atoms with Gasteiger partial charge >= 0.3 is 5.57 Å². The van der Waals surface area contributed by atoms with Gasteiger partial charge in [-0.05, 0) is 55.8 Å². The van der Waals surface area contributed by atoms with Crippen LogP contribution in [0.15, 0.2) is 48.7 Å². The van der Waals surface area contributed by atoms with E-state index in [0.29, 0.717) is 48.1 Å². The number of alkyl halides is 3. The normalized spacial score (nSPS) is 15.3. The molecule has 1 saturated heterocycles. The predicted molar refractivity (Wildman–Crippen MR) is 130 cm³/mol. The Hall–Kier alpha value is -4.01. The number of amides is 1. The van der Waals surface area contributed by atoms with Crippen molar-refractivity contribution >= 4 is 40.4 Å². The fraction of sp³-hybridized carbons (Fsp3) is 0.250. The second-order valence-electron chi connectivity index (χ2n) is 8.10. The molecule has 3 N–H and O–H groups in total. The molecule has 1 aliphatic heterocycles. The van der Waals surface area contributed by atoms with Gasteiger partial charge in [-0.15, -0.1) is 8.78 Å². The lowest BCUT2D eigenvalue weighted by Gasteiger charge is -2.22. The van der Waals surface area contributed by atoms with Gasteiger partial charge in [-0.1, -0.05) is 0 Å². The minimum atomic E-state index is -3.84. The number of anilines is 4. The van der Waals surface area contributed by atoms with Crippen molar-refractivity contribution in [2.45, 2.75) is 25.0 Å². The molecule has 0 spiro atoms. The number of aromatic nitrogens is 2. The molecule has 3 heterocycles. The van der Waals surface area contributed by atoms with E-state index in [1.807, 2.05) is 11.0 Å². The molecule has 0 radical (unpaired) electrons. The van der Waals surface area contributed by atoms with E-state index in [0.717, 1.165) is 0 Å². The first-order valence-corrected chi connectivity index (χ1v) is 11.2. The molecule has 36 heavy (non-hydrogen) atoms. The van der Waals surface area contributed by atoms with Crippen LogP contribution in [-0.4, -0.2) is 45.7 Å². The van der Waals surface area contributed by atoms with E-state index in [1.54, 1.807) is 25.1 Å². The maximum absolute atomic E-state index is 12.9. The minimum absolute atomic E-state index is 0.168. The lowest BCUT2D eigenvalue weighted by Crippen LogP contribution is -2.24. The number of aliphatic hydroxyl groups excluding tert-OH is 1. The molecule has 0 aliphatic carbocycles. The Bertz CT molecular complexity index is 1310. The summed E-state index contributed by atoms with van der Waals surface area (Å²) in [4.78, 5) is 23.5. The number of nitrogens with zero attached hydrogens (tertiary/aromatic N) is 4. The number of carbonyl (C=O) groups is 1. The van der Waals surface area contributed by atoms with Crippen LogP contribution < -0.4 is 20.3 Å². The minimum Gasteiger partial charge on any atom is -0.420 e. The highest BCUT2D eigenvalue weighted by atomic mass is 35.5. The zero-order valence-corrected chi connectivity index (χ0v) is 19.8. The lowest BCUT2D eigenvalue weighted by molar-refractivity contribution is -0.0964. The number of pyridine rings is 2. The average Bonchev–Trinajstić information content (AvgIpc) is 3.26. The number of carbonyl (C=O) groups excluding carboxylic acids is 1. The Labute approximate surface area is 210 Å². The summed E-state index contributed by atoms with van der Waals surface area (Å²) in [5, 5.41) is 25.3. The number of nitrogens with one attached hydrogen (secondary N) is 2. The Morgan fingerprint density at radius 2 is 2.03 bits per heavy atom. The molecule has 186 valence electrons. The molecule has 1 amide bonds. The summed E-state index contributed by atoms with van der Waals surface area (Å²) < 4.78 is 29.8. The van der Waals surface area contributed by atoms with Crippen LogP contribution in [0.4, 0.5) is 31.7 Å². The number of aryl methyl sites for hydroxylation is 1. The van der Waals surface area contributed by atoms with Gasteiger partial charge in [0.05, 0.1) is 23.0 Å². The fourth-order valence-corrected chi connectivity index (χ4v) is 3.78. The molecular weight excluding hydrogens is 494 g/mol. The molecule has 1 atom stereocenters.